The van der Waals surface area contributed by atoms with E-state index in [2.05, 4.69) is 38.9 Å². The van der Waals surface area contributed by atoms with Crippen molar-refractivity contribution in [3.8, 4) is 0 Å². The lowest BCUT2D eigenvalue weighted by Gasteiger charge is -2.32. The second kappa shape index (κ2) is 11.6. The van der Waals surface area contributed by atoms with Gasteiger partial charge in [-0.2, -0.15) is 11.8 Å². The lowest BCUT2D eigenvalue weighted by atomic mass is 9.82. The number of carbonyl (C=O) groups excluding carboxylic acids is 1. The van der Waals surface area contributed by atoms with Gasteiger partial charge in [0.2, 0.25) is 5.91 Å². The number of allylic oxidation sites excluding steroid dienone is 4. The fourth-order valence-corrected chi connectivity index (χ4v) is 2.53. The quantitative estimate of drug-likeness (QED) is 0.578. The van der Waals surface area contributed by atoms with Gasteiger partial charge in [-0.3, -0.25) is 4.79 Å². The lowest BCUT2D eigenvalue weighted by Crippen LogP contribution is -2.40. The van der Waals surface area contributed by atoms with Crippen molar-refractivity contribution in [2.75, 3.05) is 6.26 Å². The molecule has 0 saturated heterocycles. The molecule has 1 N–H and O–H groups in total. The third-order valence-electron chi connectivity index (χ3n) is 3.12. The van der Waals surface area contributed by atoms with Crippen LogP contribution in [0.4, 0.5) is 0 Å². The summed E-state index contributed by atoms with van der Waals surface area (Å²) in [6, 6.07) is 0. The monoisotopic (exact) mass is 325 g/mol. The lowest BCUT2D eigenvalue weighted by molar-refractivity contribution is -0.129. The van der Waals surface area contributed by atoms with Crippen LogP contribution in [0.5, 0.6) is 0 Å². The Morgan fingerprint density at radius 1 is 1.23 bits per heavy atom. The Labute approximate surface area is 142 Å². The highest BCUT2D eigenvalue weighted by Crippen LogP contribution is 2.35. The van der Waals surface area contributed by atoms with Crippen LogP contribution in [0.25, 0.3) is 0 Å². The molecule has 0 radical (unpaired) electrons. The topological polar surface area (TPSA) is 29.1 Å². The number of thioether (sulfide) groups is 1. The molecule has 0 fully saturated rings. The van der Waals surface area contributed by atoms with Gasteiger partial charge in [0.25, 0.3) is 0 Å². The van der Waals surface area contributed by atoms with Crippen molar-refractivity contribution in [2.45, 2.75) is 66.1 Å². The van der Waals surface area contributed by atoms with Gasteiger partial charge >= 0.3 is 0 Å². The summed E-state index contributed by atoms with van der Waals surface area (Å²) in [5.74, 6) is 0.0495. The first-order valence-electron chi connectivity index (χ1n) is 8.04. The first-order valence-corrected chi connectivity index (χ1v) is 9.27. The molecule has 0 saturated carbocycles. The third-order valence-corrected chi connectivity index (χ3v) is 4.37. The maximum atomic E-state index is 12.5. The van der Waals surface area contributed by atoms with Crippen LogP contribution in [0, 0.1) is 5.41 Å². The zero-order valence-corrected chi connectivity index (χ0v) is 16.6. The molecular weight excluding hydrogens is 290 g/mol. The Hall–Kier alpha value is -0.960. The molecule has 0 aromatic rings. The van der Waals surface area contributed by atoms with Crippen LogP contribution in [0.3, 0.4) is 0 Å². The molecule has 128 valence electrons. The first-order chi connectivity index (χ1) is 10.2. The van der Waals surface area contributed by atoms with Gasteiger partial charge in [-0.05, 0) is 31.2 Å². The van der Waals surface area contributed by atoms with Crippen LogP contribution < -0.4 is 5.32 Å². The van der Waals surface area contributed by atoms with Crippen molar-refractivity contribution in [3.63, 3.8) is 0 Å². The molecule has 0 rings (SSSR count). The second-order valence-corrected chi connectivity index (χ2v) is 7.66. The fourth-order valence-electron chi connectivity index (χ4n) is 2.03. The molecule has 0 aliphatic heterocycles. The van der Waals surface area contributed by atoms with E-state index in [1.807, 2.05) is 45.9 Å². The van der Waals surface area contributed by atoms with Crippen LogP contribution in [-0.4, -0.2) is 16.9 Å². The van der Waals surface area contributed by atoms with Crippen LogP contribution in [0.15, 0.2) is 36.6 Å². The van der Waals surface area contributed by atoms with Gasteiger partial charge in [0.15, 0.2) is 0 Å². The summed E-state index contributed by atoms with van der Waals surface area (Å²) in [5.41, 5.74) is 0.384. The van der Waals surface area contributed by atoms with E-state index in [1.54, 1.807) is 17.8 Å². The predicted molar refractivity (Wildman–Crippen MR) is 103 cm³/mol. The standard InChI is InChI=1S/C17H29NOS.C2H6/c1-8-10-12-14(11-9-2)18-15(19)16(3,4)13-17(5,6)20-7;1-2/h9-12H,2,8,13H2,1,3-7H3,(H,18,19);1-2H3/b12-10-,14-11+;. The molecule has 0 aromatic heterocycles. The highest BCUT2D eigenvalue weighted by Gasteiger charge is 2.34. The van der Waals surface area contributed by atoms with E-state index in [-0.39, 0.29) is 10.7 Å². The van der Waals surface area contributed by atoms with Crippen LogP contribution in [0.2, 0.25) is 0 Å². The summed E-state index contributed by atoms with van der Waals surface area (Å²) in [7, 11) is 0. The van der Waals surface area contributed by atoms with Crippen molar-refractivity contribution in [1.82, 2.24) is 5.32 Å². The Kier molecular flexibility index (Phi) is 12.3. The number of nitrogens with one attached hydrogen (secondary N) is 1. The summed E-state index contributed by atoms with van der Waals surface area (Å²) >= 11 is 1.79. The second-order valence-electron chi connectivity index (χ2n) is 6.15. The van der Waals surface area contributed by atoms with E-state index in [0.717, 1.165) is 18.5 Å². The molecule has 0 unspecified atom stereocenters. The van der Waals surface area contributed by atoms with Crippen LogP contribution in [0.1, 0.15) is 61.3 Å². The average molecular weight is 326 g/mol. The molecule has 0 aromatic carbocycles. The smallest absolute Gasteiger partial charge is 0.230 e. The number of rotatable bonds is 8. The predicted octanol–water partition coefficient (Wildman–Crippen LogP) is 5.72. The van der Waals surface area contributed by atoms with E-state index in [9.17, 15) is 4.79 Å². The van der Waals surface area contributed by atoms with E-state index in [1.165, 1.54) is 0 Å². The molecule has 0 heterocycles. The summed E-state index contributed by atoms with van der Waals surface area (Å²) < 4.78 is 0.0857. The molecule has 0 spiro atoms. The van der Waals surface area contributed by atoms with Crippen molar-refractivity contribution >= 4 is 17.7 Å². The SMILES string of the molecule is C=C/C=C(\C=C/CC)NC(=O)C(C)(C)CC(C)(C)SC.CC. The Morgan fingerprint density at radius 2 is 1.77 bits per heavy atom. The zero-order valence-electron chi connectivity index (χ0n) is 15.7. The molecule has 0 aliphatic rings. The van der Waals surface area contributed by atoms with E-state index < -0.39 is 5.41 Å². The van der Waals surface area contributed by atoms with Crippen molar-refractivity contribution in [3.05, 3.63) is 36.6 Å². The zero-order chi connectivity index (χ0) is 17.8. The van der Waals surface area contributed by atoms with Gasteiger partial charge in [-0.1, -0.05) is 67.2 Å². The summed E-state index contributed by atoms with van der Waals surface area (Å²) in [6.45, 7) is 18.1. The number of carbonyl (C=O) groups is 1. The highest BCUT2D eigenvalue weighted by molar-refractivity contribution is 7.99. The number of hydrogen-bond donors (Lipinski definition) is 1. The Bertz CT molecular complexity index is 392. The summed E-state index contributed by atoms with van der Waals surface area (Å²) in [4.78, 5) is 12.5. The van der Waals surface area contributed by atoms with Gasteiger partial charge in [0.1, 0.15) is 0 Å². The van der Waals surface area contributed by atoms with Gasteiger partial charge in [0.05, 0.1) is 0 Å². The fraction of sp³-hybridized carbons (Fsp3) is 0.632. The summed E-state index contributed by atoms with van der Waals surface area (Å²) in [6.07, 6.45) is 11.3. The maximum Gasteiger partial charge on any atom is 0.230 e. The van der Waals surface area contributed by atoms with Gasteiger partial charge < -0.3 is 5.32 Å². The van der Waals surface area contributed by atoms with Crippen molar-refractivity contribution in [1.29, 1.82) is 0 Å². The normalized spacial score (nSPS) is 12.6. The number of hydrogen-bond acceptors (Lipinski definition) is 2. The van der Waals surface area contributed by atoms with Crippen molar-refractivity contribution in [2.24, 2.45) is 5.41 Å². The molecule has 22 heavy (non-hydrogen) atoms. The Balaban J connectivity index is 0. The van der Waals surface area contributed by atoms with Gasteiger partial charge in [-0.15, -0.1) is 0 Å². The maximum absolute atomic E-state index is 12.5. The minimum Gasteiger partial charge on any atom is -0.326 e. The molecule has 0 bridgehead atoms. The van der Waals surface area contributed by atoms with Crippen molar-refractivity contribution < 1.29 is 4.79 Å². The molecule has 0 atom stereocenters. The largest absolute Gasteiger partial charge is 0.326 e. The van der Waals surface area contributed by atoms with Crippen LogP contribution in [-0.2, 0) is 4.79 Å². The van der Waals surface area contributed by atoms with E-state index in [4.69, 9.17) is 0 Å². The highest BCUT2D eigenvalue weighted by atomic mass is 32.2. The molecular formula is C19H35NOS. The van der Waals surface area contributed by atoms with E-state index in [0.29, 0.717) is 0 Å². The van der Waals surface area contributed by atoms with Gasteiger partial charge in [-0.25, -0.2) is 0 Å². The third kappa shape index (κ3) is 9.88. The molecule has 2 nitrogen and oxygen atoms in total. The molecule has 1 amide bonds. The first kappa shape index (κ1) is 23.3. The van der Waals surface area contributed by atoms with Crippen LogP contribution >= 0.6 is 11.8 Å². The molecule has 0 aliphatic carbocycles. The Morgan fingerprint density at radius 3 is 2.18 bits per heavy atom. The summed E-state index contributed by atoms with van der Waals surface area (Å²) in [5, 5.41) is 2.99. The average Bonchev–Trinajstić information content (AvgIpc) is 2.46. The molecule has 3 heteroatoms. The van der Waals surface area contributed by atoms with E-state index >= 15 is 0 Å². The number of amides is 1. The minimum atomic E-state index is -0.410. The van der Waals surface area contributed by atoms with Gasteiger partial charge in [0, 0.05) is 15.9 Å². The minimum absolute atomic E-state index is 0.0495.